The number of methoxy groups -OCH3 is 2. The summed E-state index contributed by atoms with van der Waals surface area (Å²) >= 11 is 0. The molecule has 9 nitrogen and oxygen atoms in total. The summed E-state index contributed by atoms with van der Waals surface area (Å²) in [7, 11) is 0.894. The van der Waals surface area contributed by atoms with Gasteiger partial charge in [-0.15, -0.1) is 0 Å². The van der Waals surface area contributed by atoms with E-state index in [0.29, 0.717) is 18.6 Å². The van der Waals surface area contributed by atoms with Gasteiger partial charge in [0.05, 0.1) is 17.0 Å². The first-order valence-electron chi connectivity index (χ1n) is 9.77. The Morgan fingerprint density at radius 2 is 1.83 bits per heavy atom. The molecule has 0 unspecified atom stereocenters. The van der Waals surface area contributed by atoms with Crippen molar-refractivity contribution in [2.45, 2.75) is 30.4 Å². The second kappa shape index (κ2) is 9.25. The Kier molecular flexibility index (Phi) is 6.91. The molecular weight excluding hydrogens is 410 g/mol. The number of benzene rings is 1. The number of sulfonamides is 1. The fraction of sp³-hybridized carbons (Fsp3) is 0.500. The first-order chi connectivity index (χ1) is 14.3. The van der Waals surface area contributed by atoms with Crippen LogP contribution in [0.15, 0.2) is 34.1 Å². The van der Waals surface area contributed by atoms with E-state index in [9.17, 15) is 18.0 Å². The second-order valence-corrected chi connectivity index (χ2v) is 9.18. The topological polar surface area (TPSA) is 107 Å². The summed E-state index contributed by atoms with van der Waals surface area (Å²) in [5.74, 6) is -0.583. The average molecular weight is 438 g/mol. The lowest BCUT2D eigenvalue weighted by atomic mass is 10.1. The van der Waals surface area contributed by atoms with Crippen molar-refractivity contribution >= 4 is 26.8 Å². The number of ether oxygens (including phenoxy) is 2. The largest absolute Gasteiger partial charge is 0.354 e. The van der Waals surface area contributed by atoms with Gasteiger partial charge in [-0.3, -0.25) is 9.59 Å². The van der Waals surface area contributed by atoms with E-state index in [1.165, 1.54) is 36.9 Å². The first kappa shape index (κ1) is 22.4. The number of piperidine rings is 1. The standard InChI is InChI=1S/C20H27N3O6S/c1-22-13-16(20(25)21-12-18(28-2)29-3)19(24)15-11-14(7-8-17(15)22)30(26,27)23-9-5-4-6-10-23/h7-8,11,13,18H,4-6,9-10,12H2,1-3H3,(H,21,25). The van der Waals surface area contributed by atoms with E-state index in [1.54, 1.807) is 17.7 Å². The van der Waals surface area contributed by atoms with Crippen LogP contribution < -0.4 is 10.7 Å². The number of nitrogens with one attached hydrogen (secondary N) is 1. The molecule has 1 amide bonds. The number of amides is 1. The van der Waals surface area contributed by atoms with Gasteiger partial charge in [-0.1, -0.05) is 6.42 Å². The van der Waals surface area contributed by atoms with Crippen LogP contribution in [0.2, 0.25) is 0 Å². The van der Waals surface area contributed by atoms with E-state index in [1.807, 2.05) is 0 Å². The molecule has 0 atom stereocenters. The lowest BCUT2D eigenvalue weighted by molar-refractivity contribution is -0.0974. The van der Waals surface area contributed by atoms with Gasteiger partial charge in [-0.05, 0) is 31.0 Å². The normalized spacial score (nSPS) is 15.6. The number of fused-ring (bicyclic) bond motifs is 1. The predicted molar refractivity (Wildman–Crippen MR) is 112 cm³/mol. The molecule has 2 aromatic rings. The molecule has 1 fully saturated rings. The number of rotatable bonds is 7. The van der Waals surface area contributed by atoms with Crippen molar-refractivity contribution in [1.82, 2.24) is 14.2 Å². The number of aromatic nitrogens is 1. The van der Waals surface area contributed by atoms with Crippen molar-refractivity contribution in [3.8, 4) is 0 Å². The van der Waals surface area contributed by atoms with Gasteiger partial charge < -0.3 is 19.4 Å². The Bertz CT molecular complexity index is 1090. The molecule has 1 aromatic heterocycles. The van der Waals surface area contributed by atoms with Crippen LogP contribution in [-0.2, 0) is 26.5 Å². The van der Waals surface area contributed by atoms with Crippen LogP contribution in [0, 0.1) is 0 Å². The Hall–Kier alpha value is -2.27. The van der Waals surface area contributed by atoms with E-state index in [2.05, 4.69) is 5.32 Å². The summed E-state index contributed by atoms with van der Waals surface area (Å²) in [5, 5.41) is 2.78. The number of carbonyl (C=O) groups excluding carboxylic acids is 1. The summed E-state index contributed by atoms with van der Waals surface area (Å²) in [6, 6.07) is 4.47. The SMILES string of the molecule is COC(CNC(=O)c1cn(C)c2ccc(S(=O)(=O)N3CCCCC3)cc2c1=O)OC. The molecule has 2 heterocycles. The van der Waals surface area contributed by atoms with Crippen LogP contribution in [0.1, 0.15) is 29.6 Å². The minimum absolute atomic E-state index is 0.0605. The Morgan fingerprint density at radius 3 is 2.47 bits per heavy atom. The summed E-state index contributed by atoms with van der Waals surface area (Å²) in [6.07, 6.45) is 3.45. The van der Waals surface area contributed by atoms with Crippen molar-refractivity contribution in [3.63, 3.8) is 0 Å². The molecule has 0 spiro atoms. The average Bonchev–Trinajstić information content (AvgIpc) is 2.77. The maximum atomic E-state index is 13.0. The highest BCUT2D eigenvalue weighted by atomic mass is 32.2. The van der Waals surface area contributed by atoms with Crippen LogP contribution in [0.5, 0.6) is 0 Å². The van der Waals surface area contributed by atoms with Crippen molar-refractivity contribution in [2.75, 3.05) is 33.9 Å². The van der Waals surface area contributed by atoms with Gasteiger partial charge in [0.25, 0.3) is 5.91 Å². The minimum Gasteiger partial charge on any atom is -0.354 e. The molecule has 0 radical (unpaired) electrons. The van der Waals surface area contributed by atoms with Crippen LogP contribution >= 0.6 is 0 Å². The Balaban J connectivity index is 1.99. The van der Waals surface area contributed by atoms with Gasteiger partial charge in [0.15, 0.2) is 6.29 Å². The molecular formula is C20H27N3O6S. The van der Waals surface area contributed by atoms with E-state index in [0.717, 1.165) is 19.3 Å². The number of aryl methyl sites for hydroxylation is 1. The van der Waals surface area contributed by atoms with Crippen molar-refractivity contribution in [2.24, 2.45) is 7.05 Å². The number of hydrogen-bond donors (Lipinski definition) is 1. The maximum absolute atomic E-state index is 13.0. The third kappa shape index (κ3) is 4.41. The van der Waals surface area contributed by atoms with E-state index >= 15 is 0 Å². The third-order valence-corrected chi connectivity index (χ3v) is 7.21. The Morgan fingerprint density at radius 1 is 1.17 bits per heavy atom. The molecule has 10 heteroatoms. The highest BCUT2D eigenvalue weighted by Crippen LogP contribution is 2.23. The lowest BCUT2D eigenvalue weighted by Gasteiger charge is -2.26. The van der Waals surface area contributed by atoms with Crippen LogP contribution in [0.4, 0.5) is 0 Å². The van der Waals surface area contributed by atoms with Gasteiger partial charge in [-0.25, -0.2) is 8.42 Å². The molecule has 164 valence electrons. The van der Waals surface area contributed by atoms with Crippen LogP contribution in [0.3, 0.4) is 0 Å². The smallest absolute Gasteiger partial charge is 0.256 e. The predicted octanol–water partition coefficient (Wildman–Crippen LogP) is 1.06. The molecule has 0 bridgehead atoms. The molecule has 0 aliphatic carbocycles. The highest BCUT2D eigenvalue weighted by molar-refractivity contribution is 7.89. The van der Waals surface area contributed by atoms with E-state index in [-0.39, 0.29) is 22.4 Å². The van der Waals surface area contributed by atoms with E-state index < -0.39 is 27.6 Å². The quantitative estimate of drug-likeness (QED) is 0.649. The fourth-order valence-corrected chi connectivity index (χ4v) is 5.13. The van der Waals surface area contributed by atoms with Gasteiger partial charge in [0.1, 0.15) is 5.56 Å². The number of pyridine rings is 1. The maximum Gasteiger partial charge on any atom is 0.256 e. The van der Waals surface area contributed by atoms with Crippen molar-refractivity contribution < 1.29 is 22.7 Å². The summed E-state index contributed by atoms with van der Waals surface area (Å²) in [6.45, 7) is 1.01. The molecule has 1 aromatic carbocycles. The van der Waals surface area contributed by atoms with Crippen LogP contribution in [0.25, 0.3) is 10.9 Å². The fourth-order valence-electron chi connectivity index (χ4n) is 3.58. The monoisotopic (exact) mass is 437 g/mol. The molecule has 1 saturated heterocycles. The molecule has 30 heavy (non-hydrogen) atoms. The third-order valence-electron chi connectivity index (χ3n) is 5.31. The van der Waals surface area contributed by atoms with Crippen molar-refractivity contribution in [1.29, 1.82) is 0 Å². The minimum atomic E-state index is -3.69. The second-order valence-electron chi connectivity index (χ2n) is 7.24. The van der Waals surface area contributed by atoms with Crippen molar-refractivity contribution in [3.05, 3.63) is 40.2 Å². The molecule has 3 rings (SSSR count). The number of carbonyl (C=O) groups is 1. The molecule has 0 saturated carbocycles. The zero-order valence-corrected chi connectivity index (χ0v) is 18.2. The summed E-state index contributed by atoms with van der Waals surface area (Å²) in [5.41, 5.74) is -0.0630. The molecule has 1 aliphatic rings. The zero-order chi connectivity index (χ0) is 21.9. The number of hydrogen-bond acceptors (Lipinski definition) is 6. The van der Waals surface area contributed by atoms with Crippen LogP contribution in [-0.4, -0.2) is 63.3 Å². The summed E-state index contributed by atoms with van der Waals surface area (Å²) in [4.78, 5) is 25.6. The van der Waals surface area contributed by atoms with Gasteiger partial charge in [0, 0.05) is 45.9 Å². The summed E-state index contributed by atoms with van der Waals surface area (Å²) < 4.78 is 39.1. The van der Waals surface area contributed by atoms with Gasteiger partial charge in [-0.2, -0.15) is 4.31 Å². The molecule has 1 N–H and O–H groups in total. The highest BCUT2D eigenvalue weighted by Gasteiger charge is 2.27. The lowest BCUT2D eigenvalue weighted by Crippen LogP contribution is -2.37. The zero-order valence-electron chi connectivity index (χ0n) is 17.4. The Labute approximate surface area is 175 Å². The number of nitrogens with zero attached hydrogens (tertiary/aromatic N) is 2. The van der Waals surface area contributed by atoms with Gasteiger partial charge in [0.2, 0.25) is 15.5 Å². The van der Waals surface area contributed by atoms with Gasteiger partial charge >= 0.3 is 0 Å². The molecule has 1 aliphatic heterocycles. The first-order valence-corrected chi connectivity index (χ1v) is 11.2. The van der Waals surface area contributed by atoms with E-state index in [4.69, 9.17) is 9.47 Å².